The number of benzene rings is 1. The molecule has 0 aliphatic rings. The number of halogens is 1. The molecule has 1 rings (SSSR count). The van der Waals surface area contributed by atoms with Gasteiger partial charge in [-0.2, -0.15) is 0 Å². The molecule has 0 unspecified atom stereocenters. The number of aliphatic hydroxyl groups excluding tert-OH is 1. The van der Waals surface area contributed by atoms with E-state index in [0.717, 1.165) is 3.57 Å². The van der Waals surface area contributed by atoms with Crippen LogP contribution in [-0.4, -0.2) is 25.6 Å². The van der Waals surface area contributed by atoms with Gasteiger partial charge in [-0.3, -0.25) is 10.1 Å². The largest absolute Gasteiger partial charge is 0.396 e. The molecule has 2 N–H and O–H groups in total. The molecule has 22 heavy (non-hydrogen) atoms. The normalized spacial score (nSPS) is 16.1. The second-order valence-electron chi connectivity index (χ2n) is 6.21. The van der Waals surface area contributed by atoms with E-state index in [9.17, 15) is 19.4 Å². The predicted octanol–water partition coefficient (Wildman–Crippen LogP) is 2.85. The van der Waals surface area contributed by atoms with Gasteiger partial charge in [-0.15, -0.1) is 0 Å². The van der Waals surface area contributed by atoms with E-state index in [1.807, 2.05) is 20.8 Å². The SMILES string of the molecule is CC(C)(C)[S@](=O)N[C@@](C)(CCO)c1cc([N+](=O)[O-])ccc1I. The van der Waals surface area contributed by atoms with E-state index in [-0.39, 0.29) is 12.3 Å². The van der Waals surface area contributed by atoms with Crippen LogP contribution in [0.3, 0.4) is 0 Å². The van der Waals surface area contributed by atoms with Crippen LogP contribution in [0.4, 0.5) is 5.69 Å². The van der Waals surface area contributed by atoms with Crippen LogP contribution < -0.4 is 4.72 Å². The zero-order valence-electron chi connectivity index (χ0n) is 13.1. The van der Waals surface area contributed by atoms with Gasteiger partial charge < -0.3 is 5.11 Å². The number of nitrogens with one attached hydrogen (secondary N) is 1. The molecule has 0 aliphatic heterocycles. The van der Waals surface area contributed by atoms with Crippen molar-refractivity contribution in [1.82, 2.24) is 4.72 Å². The summed E-state index contributed by atoms with van der Waals surface area (Å²) < 4.78 is 15.8. The second-order valence-corrected chi connectivity index (χ2v) is 9.34. The van der Waals surface area contributed by atoms with Crippen molar-refractivity contribution in [3.63, 3.8) is 0 Å². The zero-order valence-corrected chi connectivity index (χ0v) is 16.0. The number of nitrogens with zero attached hydrogens (tertiary/aromatic N) is 1. The van der Waals surface area contributed by atoms with E-state index in [1.54, 1.807) is 13.0 Å². The van der Waals surface area contributed by atoms with Gasteiger partial charge in [-0.05, 0) is 68.3 Å². The maximum atomic E-state index is 12.4. The van der Waals surface area contributed by atoms with E-state index < -0.39 is 26.2 Å². The van der Waals surface area contributed by atoms with E-state index in [2.05, 4.69) is 27.3 Å². The fraction of sp³-hybridized carbons (Fsp3) is 0.571. The fourth-order valence-electron chi connectivity index (χ4n) is 1.87. The van der Waals surface area contributed by atoms with Crippen LogP contribution in [0, 0.1) is 13.7 Å². The molecule has 0 aliphatic carbocycles. The van der Waals surface area contributed by atoms with Crippen LogP contribution in [0.5, 0.6) is 0 Å². The fourth-order valence-corrected chi connectivity index (χ4v) is 3.73. The third-order valence-corrected chi connectivity index (χ3v) is 5.93. The summed E-state index contributed by atoms with van der Waals surface area (Å²) in [5.41, 5.74) is -0.188. The molecule has 0 amide bonds. The smallest absolute Gasteiger partial charge is 0.269 e. The molecule has 0 heterocycles. The quantitative estimate of drug-likeness (QED) is 0.404. The van der Waals surface area contributed by atoms with Crippen LogP contribution in [0.25, 0.3) is 0 Å². The van der Waals surface area contributed by atoms with Crippen molar-refractivity contribution >= 4 is 39.3 Å². The summed E-state index contributed by atoms with van der Waals surface area (Å²) in [4.78, 5) is 10.5. The number of nitro groups is 1. The van der Waals surface area contributed by atoms with Crippen molar-refractivity contribution in [1.29, 1.82) is 0 Å². The Morgan fingerprint density at radius 3 is 2.41 bits per heavy atom. The summed E-state index contributed by atoms with van der Waals surface area (Å²) >= 11 is 2.09. The van der Waals surface area contributed by atoms with Crippen molar-refractivity contribution in [2.24, 2.45) is 0 Å². The third-order valence-electron chi connectivity index (χ3n) is 3.24. The number of aliphatic hydroxyl groups is 1. The van der Waals surface area contributed by atoms with Gasteiger partial charge in [0.05, 0.1) is 26.2 Å². The van der Waals surface area contributed by atoms with Crippen LogP contribution in [0.1, 0.15) is 39.7 Å². The van der Waals surface area contributed by atoms with Gasteiger partial charge in [0.15, 0.2) is 0 Å². The molecular formula is C14H21IN2O4S. The average Bonchev–Trinajstić information content (AvgIpc) is 2.37. The van der Waals surface area contributed by atoms with Gasteiger partial charge >= 0.3 is 0 Å². The molecule has 0 aromatic heterocycles. The Labute approximate surface area is 146 Å². The Bertz CT molecular complexity index is 589. The lowest BCUT2D eigenvalue weighted by atomic mass is 9.90. The van der Waals surface area contributed by atoms with Gasteiger partial charge in [-0.25, -0.2) is 8.93 Å². The predicted molar refractivity (Wildman–Crippen MR) is 95.9 cm³/mol. The van der Waals surface area contributed by atoms with Crippen molar-refractivity contribution in [2.45, 2.75) is 44.4 Å². The van der Waals surface area contributed by atoms with E-state index in [4.69, 9.17) is 0 Å². The monoisotopic (exact) mass is 440 g/mol. The van der Waals surface area contributed by atoms with Crippen molar-refractivity contribution in [3.05, 3.63) is 37.4 Å². The summed E-state index contributed by atoms with van der Waals surface area (Å²) in [7, 11) is -1.37. The third kappa shape index (κ3) is 4.71. The second kappa shape index (κ2) is 7.33. The Hall–Kier alpha value is -0.580. The molecule has 6 nitrogen and oxygen atoms in total. The molecule has 0 radical (unpaired) electrons. The first-order chi connectivity index (χ1) is 10.0. The Balaban J connectivity index is 3.32. The lowest BCUT2D eigenvalue weighted by molar-refractivity contribution is -0.385. The molecule has 1 aromatic rings. The highest BCUT2D eigenvalue weighted by molar-refractivity contribution is 14.1. The summed E-state index contributed by atoms with van der Waals surface area (Å²) in [5.74, 6) is 0. The van der Waals surface area contributed by atoms with Crippen molar-refractivity contribution in [3.8, 4) is 0 Å². The minimum Gasteiger partial charge on any atom is -0.396 e. The number of nitro benzene ring substituents is 1. The van der Waals surface area contributed by atoms with Crippen LogP contribution in [-0.2, 0) is 16.5 Å². The van der Waals surface area contributed by atoms with Crippen LogP contribution >= 0.6 is 22.6 Å². The number of hydrogen-bond acceptors (Lipinski definition) is 4. The highest BCUT2D eigenvalue weighted by Crippen LogP contribution is 2.33. The highest BCUT2D eigenvalue weighted by Gasteiger charge is 2.34. The Kier molecular flexibility index (Phi) is 6.48. The highest BCUT2D eigenvalue weighted by atomic mass is 127. The summed E-state index contributed by atoms with van der Waals surface area (Å²) in [6.07, 6.45) is 0.298. The van der Waals surface area contributed by atoms with E-state index in [0.29, 0.717) is 12.0 Å². The number of hydrogen-bond donors (Lipinski definition) is 2. The standard InChI is InChI=1S/C14H21IN2O4S/c1-13(2,3)22(21)16-14(4,7-8-18)11-9-10(17(19)20)5-6-12(11)15/h5-6,9,16,18H,7-8H2,1-4H3/t14-,22-/m0/s1. The first kappa shape index (κ1) is 19.5. The van der Waals surface area contributed by atoms with Crippen molar-refractivity contribution < 1.29 is 14.2 Å². The average molecular weight is 440 g/mol. The molecule has 0 saturated heterocycles. The van der Waals surface area contributed by atoms with Gasteiger partial charge in [-0.1, -0.05) is 0 Å². The van der Waals surface area contributed by atoms with E-state index in [1.165, 1.54) is 12.1 Å². The molecular weight excluding hydrogens is 419 g/mol. The lowest BCUT2D eigenvalue weighted by Crippen LogP contribution is -2.47. The Morgan fingerprint density at radius 1 is 1.36 bits per heavy atom. The summed E-state index contributed by atoms with van der Waals surface area (Å²) in [6.45, 7) is 7.20. The molecule has 2 atom stereocenters. The minimum absolute atomic E-state index is 0.0251. The first-order valence-electron chi connectivity index (χ1n) is 6.76. The van der Waals surface area contributed by atoms with Crippen molar-refractivity contribution in [2.75, 3.05) is 6.61 Å². The van der Waals surface area contributed by atoms with Gasteiger partial charge in [0.2, 0.25) is 0 Å². The first-order valence-corrected chi connectivity index (χ1v) is 8.99. The van der Waals surface area contributed by atoms with Gasteiger partial charge in [0.1, 0.15) is 0 Å². The maximum Gasteiger partial charge on any atom is 0.269 e. The zero-order chi connectivity index (χ0) is 17.1. The molecule has 1 aromatic carbocycles. The molecule has 0 fully saturated rings. The molecule has 0 saturated carbocycles. The molecule has 8 heteroatoms. The summed E-state index contributed by atoms with van der Waals surface area (Å²) in [6, 6.07) is 4.57. The maximum absolute atomic E-state index is 12.4. The topological polar surface area (TPSA) is 92.5 Å². The number of rotatable bonds is 6. The summed E-state index contributed by atoms with van der Waals surface area (Å²) in [5, 5.41) is 20.4. The van der Waals surface area contributed by atoms with E-state index >= 15 is 0 Å². The van der Waals surface area contributed by atoms with Crippen LogP contribution in [0.2, 0.25) is 0 Å². The Morgan fingerprint density at radius 2 is 1.95 bits per heavy atom. The van der Waals surface area contributed by atoms with Crippen LogP contribution in [0.15, 0.2) is 18.2 Å². The van der Waals surface area contributed by atoms with Gasteiger partial charge in [0, 0.05) is 22.3 Å². The van der Waals surface area contributed by atoms with Gasteiger partial charge in [0.25, 0.3) is 5.69 Å². The minimum atomic E-state index is -1.37. The molecule has 0 bridgehead atoms. The number of non-ortho nitro benzene ring substituents is 1. The molecule has 0 spiro atoms. The molecule has 124 valence electrons. The lowest BCUT2D eigenvalue weighted by Gasteiger charge is -2.34.